The first-order chi connectivity index (χ1) is 6.02. The molecule has 1 aromatic rings. The first-order valence-electron chi connectivity index (χ1n) is 3.06. The molecule has 0 heterocycles. The van der Waals surface area contributed by atoms with Gasteiger partial charge < -0.3 is 0 Å². The average Bonchev–Trinajstić information content (AvgIpc) is 2.06. The van der Waals surface area contributed by atoms with Crippen LogP contribution in [0.5, 0.6) is 0 Å². The van der Waals surface area contributed by atoms with Gasteiger partial charge in [-0.1, -0.05) is 18.2 Å². The van der Waals surface area contributed by atoms with E-state index in [1.807, 2.05) is 0 Å². The van der Waals surface area contributed by atoms with Gasteiger partial charge in [-0.05, 0) is 12.1 Å². The summed E-state index contributed by atoms with van der Waals surface area (Å²) in [6, 6.07) is 7.42. The Morgan fingerprint density at radius 1 is 1.15 bits per heavy atom. The molecule has 0 aliphatic heterocycles. The zero-order chi connectivity index (χ0) is 10.3. The maximum absolute atomic E-state index is 10.4. The van der Waals surface area contributed by atoms with Crippen LogP contribution in [0.3, 0.4) is 0 Å². The molecule has 1 aromatic carbocycles. The molecule has 0 saturated carbocycles. The van der Waals surface area contributed by atoms with Crippen molar-refractivity contribution in [2.75, 3.05) is 0 Å². The van der Waals surface area contributed by atoms with Crippen molar-refractivity contribution >= 4 is 10.1 Å². The van der Waals surface area contributed by atoms with E-state index in [1.165, 1.54) is 12.1 Å². The van der Waals surface area contributed by atoms with Crippen LogP contribution in [0.2, 0.25) is 0 Å². The normalized spacial score (nSPS) is 9.38. The number of rotatable bonds is 1. The van der Waals surface area contributed by atoms with Crippen molar-refractivity contribution in [1.82, 2.24) is 0 Å². The molecule has 2 N–H and O–H groups in total. The summed E-state index contributed by atoms with van der Waals surface area (Å²) < 4.78 is 45.0. The Hall–Kier alpha value is -0.396. The van der Waals surface area contributed by atoms with E-state index in [1.54, 1.807) is 18.2 Å². The molecule has 0 aromatic heterocycles. The summed E-state index contributed by atoms with van der Waals surface area (Å²) in [6.07, 6.45) is 0. The van der Waals surface area contributed by atoms with E-state index in [0.29, 0.717) is 0 Å². The molecule has 1 rings (SSSR count). The third-order valence-electron chi connectivity index (χ3n) is 1.04. The summed E-state index contributed by atoms with van der Waals surface area (Å²) in [5, 5.41) is 0. The fraction of sp³-hybridized carbons (Fsp3) is 0. The van der Waals surface area contributed by atoms with Crippen molar-refractivity contribution < 1.29 is 39.5 Å². The molecule has 0 spiro atoms. The Bertz CT molecular complexity index is 347. The van der Waals surface area contributed by atoms with Crippen LogP contribution < -0.4 is 0 Å². The molecular formula is C6H7O5STi. The van der Waals surface area contributed by atoms with Crippen molar-refractivity contribution in [3.8, 4) is 0 Å². The number of hydrogen-bond donors (Lipinski definition) is 2. The summed E-state index contributed by atoms with van der Waals surface area (Å²) in [4.78, 5) is -0.0741. The second-order valence-corrected chi connectivity index (χ2v) is 3.59. The molecule has 0 bridgehead atoms. The quantitative estimate of drug-likeness (QED) is 0.541. The molecule has 0 radical (unpaired) electrons. The monoisotopic (exact) mass is 239 g/mol. The molecule has 0 amide bonds. The molecule has 0 atom stereocenters. The van der Waals surface area contributed by atoms with Crippen LogP contribution in [-0.2, 0) is 33.0 Å². The number of hydrogen-bond acceptors (Lipinski definition) is 3. The standard InChI is InChI=1S/C6H6O3S.H2O.O.Ti/c7-10(8,9)6-4-2-1-3-5-6;;;/h1-5H,(H,7,8,9);1H2;;/q;;;+1/p-1. The maximum atomic E-state index is 10.4. The van der Waals surface area contributed by atoms with Crippen LogP contribution in [0.4, 0.5) is 0 Å². The Morgan fingerprint density at radius 2 is 1.54 bits per heavy atom. The van der Waals surface area contributed by atoms with Gasteiger partial charge in [0.05, 0.1) is 4.90 Å². The van der Waals surface area contributed by atoms with E-state index < -0.39 is 29.6 Å². The van der Waals surface area contributed by atoms with Crippen LogP contribution in [0.25, 0.3) is 0 Å². The molecule has 71 valence electrons. The van der Waals surface area contributed by atoms with Gasteiger partial charge in [-0.2, -0.15) is 8.42 Å². The Balaban J connectivity index is 0.000000424. The SMILES string of the molecule is O=S(=O)(O)c1ccccc1.[O]=[Ti][OH]. The van der Waals surface area contributed by atoms with Crippen LogP contribution in [0, 0.1) is 0 Å². The molecule has 0 aliphatic rings. The van der Waals surface area contributed by atoms with E-state index in [2.05, 4.69) is 0 Å². The van der Waals surface area contributed by atoms with Crippen LogP contribution in [0.15, 0.2) is 35.2 Å². The van der Waals surface area contributed by atoms with Gasteiger partial charge in [0.15, 0.2) is 0 Å². The molecule has 13 heavy (non-hydrogen) atoms. The van der Waals surface area contributed by atoms with Crippen molar-refractivity contribution in [1.29, 1.82) is 0 Å². The van der Waals surface area contributed by atoms with E-state index in [4.69, 9.17) is 11.6 Å². The zero-order valence-corrected chi connectivity index (χ0v) is 8.79. The number of benzene rings is 1. The molecule has 0 fully saturated rings. The minimum atomic E-state index is -4.00. The van der Waals surface area contributed by atoms with Crippen LogP contribution in [-0.4, -0.2) is 16.7 Å². The molecular weight excluding hydrogens is 232 g/mol. The zero-order valence-electron chi connectivity index (χ0n) is 6.41. The van der Waals surface area contributed by atoms with Gasteiger partial charge in [0, 0.05) is 0 Å². The van der Waals surface area contributed by atoms with Crippen LogP contribution >= 0.6 is 0 Å². The van der Waals surface area contributed by atoms with E-state index in [9.17, 15) is 8.42 Å². The summed E-state index contributed by atoms with van der Waals surface area (Å²) in [6.45, 7) is 0. The van der Waals surface area contributed by atoms with Gasteiger partial charge in [-0.15, -0.1) is 0 Å². The van der Waals surface area contributed by atoms with Crippen molar-refractivity contribution in [2.45, 2.75) is 4.90 Å². The molecule has 0 aliphatic carbocycles. The predicted octanol–water partition coefficient (Wildman–Crippen LogP) is 0.255. The topological polar surface area (TPSA) is 91.7 Å². The van der Waals surface area contributed by atoms with Crippen molar-refractivity contribution in [2.24, 2.45) is 0 Å². The first kappa shape index (κ1) is 12.6. The van der Waals surface area contributed by atoms with Gasteiger partial charge in [0.25, 0.3) is 10.1 Å². The molecule has 7 heteroatoms. The fourth-order valence-corrected chi connectivity index (χ4v) is 1.09. The van der Waals surface area contributed by atoms with Crippen molar-refractivity contribution in [3.63, 3.8) is 0 Å². The summed E-state index contributed by atoms with van der Waals surface area (Å²) in [5.74, 6) is 0. The third kappa shape index (κ3) is 5.78. The molecule has 0 unspecified atom stereocenters. The van der Waals surface area contributed by atoms with Crippen molar-refractivity contribution in [3.05, 3.63) is 30.3 Å². The minimum absolute atomic E-state index is 0.0741. The summed E-state index contributed by atoms with van der Waals surface area (Å²) >= 11 is -1.75. The first-order valence-corrected chi connectivity index (χ1v) is 5.83. The Kier molecular flexibility index (Phi) is 5.93. The Labute approximate surface area is 84.9 Å². The predicted molar refractivity (Wildman–Crippen MR) is 39.2 cm³/mol. The van der Waals surface area contributed by atoms with Gasteiger partial charge >= 0.3 is 26.5 Å². The van der Waals surface area contributed by atoms with Gasteiger partial charge in [0.1, 0.15) is 0 Å². The average molecular weight is 239 g/mol. The van der Waals surface area contributed by atoms with E-state index in [0.717, 1.165) is 0 Å². The van der Waals surface area contributed by atoms with Crippen LogP contribution in [0.1, 0.15) is 0 Å². The van der Waals surface area contributed by atoms with Gasteiger partial charge in [0.2, 0.25) is 0 Å². The van der Waals surface area contributed by atoms with Gasteiger partial charge in [-0.3, -0.25) is 4.55 Å². The second-order valence-electron chi connectivity index (χ2n) is 1.88. The van der Waals surface area contributed by atoms with E-state index >= 15 is 0 Å². The Morgan fingerprint density at radius 3 is 1.77 bits per heavy atom. The molecule has 0 saturated heterocycles. The summed E-state index contributed by atoms with van der Waals surface area (Å²) in [7, 11) is -4.00. The summed E-state index contributed by atoms with van der Waals surface area (Å²) in [5.41, 5.74) is 0. The van der Waals surface area contributed by atoms with Gasteiger partial charge in [-0.25, -0.2) is 0 Å². The molecule has 5 nitrogen and oxygen atoms in total. The second kappa shape index (κ2) is 6.12. The van der Waals surface area contributed by atoms with E-state index in [-0.39, 0.29) is 4.90 Å². The fourth-order valence-electron chi connectivity index (χ4n) is 0.592. The third-order valence-corrected chi connectivity index (χ3v) is 1.91.